The molecule has 0 spiro atoms. The van der Waals surface area contributed by atoms with Gasteiger partial charge < -0.3 is 10.1 Å². The van der Waals surface area contributed by atoms with Gasteiger partial charge in [-0.05, 0) is 72.6 Å². The molecule has 2 aromatic rings. The smallest absolute Gasteiger partial charge is 0.250 e. The highest BCUT2D eigenvalue weighted by atomic mass is 32.1. The average molecular weight is 386 g/mol. The molecule has 0 unspecified atom stereocenters. The van der Waals surface area contributed by atoms with Crippen molar-refractivity contribution in [3.05, 3.63) is 66.0 Å². The second-order valence-corrected chi connectivity index (χ2v) is 6.79. The van der Waals surface area contributed by atoms with Crippen LogP contribution in [0.2, 0.25) is 0 Å². The Bertz CT molecular complexity index is 787. The van der Waals surface area contributed by atoms with Gasteiger partial charge in [-0.25, -0.2) is 4.39 Å². The Morgan fingerprint density at radius 2 is 1.81 bits per heavy atom. The third kappa shape index (κ3) is 8.00. The Morgan fingerprint density at radius 1 is 1.15 bits per heavy atom. The summed E-state index contributed by atoms with van der Waals surface area (Å²) in [5, 5.41) is 5.69. The maximum Gasteiger partial charge on any atom is 0.250 e. The van der Waals surface area contributed by atoms with Gasteiger partial charge in [0.15, 0.2) is 5.11 Å². The zero-order valence-electron chi connectivity index (χ0n) is 15.4. The minimum Gasteiger partial charge on any atom is -0.494 e. The molecule has 0 aliphatic carbocycles. The third-order valence-corrected chi connectivity index (χ3v) is 3.81. The number of rotatable bonds is 7. The van der Waals surface area contributed by atoms with Crippen molar-refractivity contribution in [1.29, 1.82) is 0 Å². The first-order valence-electron chi connectivity index (χ1n) is 8.71. The summed E-state index contributed by atoms with van der Waals surface area (Å²) in [6.45, 7) is 4.99. The van der Waals surface area contributed by atoms with Gasteiger partial charge in [-0.2, -0.15) is 0 Å². The van der Waals surface area contributed by atoms with E-state index in [4.69, 9.17) is 17.0 Å². The molecule has 0 fully saturated rings. The quantitative estimate of drug-likeness (QED) is 0.531. The van der Waals surface area contributed by atoms with E-state index in [2.05, 4.69) is 24.5 Å². The molecule has 0 aromatic heterocycles. The lowest BCUT2D eigenvalue weighted by molar-refractivity contribution is -0.115. The number of amides is 1. The van der Waals surface area contributed by atoms with E-state index < -0.39 is 0 Å². The second kappa shape index (κ2) is 10.4. The molecule has 0 radical (unpaired) electrons. The topological polar surface area (TPSA) is 50.4 Å². The summed E-state index contributed by atoms with van der Waals surface area (Å²) < 4.78 is 18.5. The van der Waals surface area contributed by atoms with Gasteiger partial charge >= 0.3 is 0 Å². The Hall–Kier alpha value is -2.73. The fraction of sp³-hybridized carbons (Fsp3) is 0.238. The number of nitrogens with one attached hydrogen (secondary N) is 2. The van der Waals surface area contributed by atoms with Crippen LogP contribution in [-0.2, 0) is 4.79 Å². The predicted molar refractivity (Wildman–Crippen MR) is 111 cm³/mol. The summed E-state index contributed by atoms with van der Waals surface area (Å²) in [5.74, 6) is 0.700. The Kier molecular flexibility index (Phi) is 7.95. The maximum absolute atomic E-state index is 12.8. The van der Waals surface area contributed by atoms with Crippen molar-refractivity contribution in [2.24, 2.45) is 5.92 Å². The first-order valence-corrected chi connectivity index (χ1v) is 9.11. The number of carbonyl (C=O) groups is 1. The fourth-order valence-electron chi connectivity index (χ4n) is 2.11. The number of carbonyl (C=O) groups excluding carboxylic acids is 1. The number of thiocarbonyl (C=S) groups is 1. The number of hydrogen-bond donors (Lipinski definition) is 2. The minimum atomic E-state index is -0.370. The molecular weight excluding hydrogens is 363 g/mol. The number of hydrogen-bond acceptors (Lipinski definition) is 3. The number of anilines is 1. The van der Waals surface area contributed by atoms with Crippen molar-refractivity contribution in [2.45, 2.75) is 20.3 Å². The standard InChI is InChI=1S/C21H23FN2O2S/c1-15(2)13-14-26-19-10-8-18(9-11-19)23-21(27)24-20(25)12-5-16-3-6-17(22)7-4-16/h3-12,15H,13-14H2,1-2H3,(H2,23,24,25,27). The van der Waals surface area contributed by atoms with Gasteiger partial charge in [-0.15, -0.1) is 0 Å². The normalized spacial score (nSPS) is 10.8. The van der Waals surface area contributed by atoms with Crippen molar-refractivity contribution in [2.75, 3.05) is 11.9 Å². The van der Waals surface area contributed by atoms with Gasteiger partial charge in [-0.1, -0.05) is 26.0 Å². The molecule has 0 saturated heterocycles. The lowest BCUT2D eigenvalue weighted by Crippen LogP contribution is -2.32. The third-order valence-electron chi connectivity index (χ3n) is 3.61. The summed E-state index contributed by atoms with van der Waals surface area (Å²) in [6, 6.07) is 13.2. The zero-order valence-corrected chi connectivity index (χ0v) is 16.2. The van der Waals surface area contributed by atoms with Crippen molar-refractivity contribution < 1.29 is 13.9 Å². The number of halogens is 1. The van der Waals surface area contributed by atoms with Gasteiger partial charge in [0.2, 0.25) is 5.91 Å². The van der Waals surface area contributed by atoms with E-state index in [-0.39, 0.29) is 16.8 Å². The van der Waals surface area contributed by atoms with Crippen LogP contribution in [0.15, 0.2) is 54.6 Å². The Balaban J connectivity index is 1.79. The van der Waals surface area contributed by atoms with Crippen LogP contribution < -0.4 is 15.4 Å². The lowest BCUT2D eigenvalue weighted by atomic mass is 10.1. The highest BCUT2D eigenvalue weighted by molar-refractivity contribution is 7.80. The molecule has 2 rings (SSSR count). The maximum atomic E-state index is 12.8. The van der Waals surface area contributed by atoms with Crippen LogP contribution in [0.4, 0.5) is 10.1 Å². The highest BCUT2D eigenvalue weighted by Gasteiger charge is 2.03. The minimum absolute atomic E-state index is 0.192. The molecule has 0 saturated carbocycles. The summed E-state index contributed by atoms with van der Waals surface area (Å²) in [5.41, 5.74) is 1.47. The SMILES string of the molecule is CC(C)CCOc1ccc(NC(=S)NC(=O)C=Cc2ccc(F)cc2)cc1. The number of ether oxygens (including phenoxy) is 1. The van der Waals surface area contributed by atoms with E-state index >= 15 is 0 Å². The first-order chi connectivity index (χ1) is 12.9. The van der Waals surface area contributed by atoms with E-state index in [1.54, 1.807) is 18.2 Å². The Labute approximate surface area is 164 Å². The summed E-state index contributed by atoms with van der Waals surface area (Å²) >= 11 is 5.13. The van der Waals surface area contributed by atoms with Crippen LogP contribution in [0, 0.1) is 11.7 Å². The van der Waals surface area contributed by atoms with E-state index in [1.807, 2.05) is 24.3 Å². The molecule has 27 heavy (non-hydrogen) atoms. The van der Waals surface area contributed by atoms with Gasteiger partial charge in [0.1, 0.15) is 11.6 Å². The number of benzene rings is 2. The predicted octanol–water partition coefficient (Wildman–Crippen LogP) is 4.78. The van der Waals surface area contributed by atoms with Gasteiger partial charge in [0.05, 0.1) is 6.61 Å². The van der Waals surface area contributed by atoms with E-state index in [1.165, 1.54) is 18.2 Å². The van der Waals surface area contributed by atoms with Gasteiger partial charge in [0, 0.05) is 11.8 Å². The molecular formula is C21H23FN2O2S. The zero-order chi connectivity index (χ0) is 19.6. The monoisotopic (exact) mass is 386 g/mol. The van der Waals surface area contributed by atoms with Crippen LogP contribution in [0.3, 0.4) is 0 Å². The lowest BCUT2D eigenvalue weighted by Gasteiger charge is -2.10. The van der Waals surface area contributed by atoms with Crippen molar-refractivity contribution in [3.63, 3.8) is 0 Å². The average Bonchev–Trinajstić information content (AvgIpc) is 2.62. The van der Waals surface area contributed by atoms with Crippen molar-refractivity contribution in [1.82, 2.24) is 5.32 Å². The van der Waals surface area contributed by atoms with Crippen LogP contribution in [0.5, 0.6) is 5.75 Å². The molecule has 0 atom stereocenters. The van der Waals surface area contributed by atoms with Crippen LogP contribution in [0.25, 0.3) is 6.08 Å². The summed E-state index contributed by atoms with van der Waals surface area (Å²) in [7, 11) is 0. The van der Waals surface area contributed by atoms with Crippen molar-refractivity contribution >= 4 is 35.0 Å². The van der Waals surface area contributed by atoms with E-state index in [0.29, 0.717) is 12.5 Å². The summed E-state index contributed by atoms with van der Waals surface area (Å²) in [6.07, 6.45) is 3.93. The Morgan fingerprint density at radius 3 is 2.44 bits per heavy atom. The van der Waals surface area contributed by atoms with E-state index in [0.717, 1.165) is 23.4 Å². The molecule has 1 amide bonds. The molecule has 0 aliphatic heterocycles. The molecule has 0 heterocycles. The van der Waals surface area contributed by atoms with Gasteiger partial charge in [-0.3, -0.25) is 10.1 Å². The largest absolute Gasteiger partial charge is 0.494 e. The second-order valence-electron chi connectivity index (χ2n) is 6.38. The molecule has 142 valence electrons. The molecule has 0 aliphatic rings. The first kappa shape index (κ1) is 20.6. The molecule has 0 bridgehead atoms. The molecule has 6 heteroatoms. The highest BCUT2D eigenvalue weighted by Crippen LogP contribution is 2.16. The van der Waals surface area contributed by atoms with Crippen LogP contribution in [0.1, 0.15) is 25.8 Å². The van der Waals surface area contributed by atoms with E-state index in [9.17, 15) is 9.18 Å². The van der Waals surface area contributed by atoms with Crippen LogP contribution >= 0.6 is 12.2 Å². The molecule has 4 nitrogen and oxygen atoms in total. The molecule has 2 N–H and O–H groups in total. The van der Waals surface area contributed by atoms with Crippen molar-refractivity contribution in [3.8, 4) is 5.75 Å². The fourth-order valence-corrected chi connectivity index (χ4v) is 2.33. The van der Waals surface area contributed by atoms with Gasteiger partial charge in [0.25, 0.3) is 0 Å². The molecule has 2 aromatic carbocycles. The summed E-state index contributed by atoms with van der Waals surface area (Å²) in [4.78, 5) is 11.9. The van der Waals surface area contributed by atoms with Crippen LogP contribution in [-0.4, -0.2) is 17.6 Å².